The summed E-state index contributed by atoms with van der Waals surface area (Å²) in [6, 6.07) is 13.3. The van der Waals surface area contributed by atoms with Crippen molar-refractivity contribution in [2.75, 3.05) is 18.8 Å². The first-order valence-electron chi connectivity index (χ1n) is 11.8. The topological polar surface area (TPSA) is 129 Å². The molecule has 0 aliphatic carbocycles. The second kappa shape index (κ2) is 8.31. The van der Waals surface area contributed by atoms with Crippen molar-refractivity contribution in [3.8, 4) is 11.6 Å². The van der Waals surface area contributed by atoms with E-state index in [0.717, 1.165) is 31.5 Å². The molecule has 0 spiro atoms. The van der Waals surface area contributed by atoms with Crippen LogP contribution in [0.3, 0.4) is 0 Å². The van der Waals surface area contributed by atoms with Gasteiger partial charge in [0.1, 0.15) is 5.54 Å². The average Bonchev–Trinajstić information content (AvgIpc) is 3.64. The largest absolute Gasteiger partial charge is 0.461 e. The van der Waals surface area contributed by atoms with Gasteiger partial charge in [-0.2, -0.15) is 14.6 Å². The lowest BCUT2D eigenvalue weighted by molar-refractivity contribution is -0.126. The highest BCUT2D eigenvalue weighted by Gasteiger charge is 2.40. The van der Waals surface area contributed by atoms with Crippen LogP contribution in [0.4, 0.5) is 5.95 Å². The fraction of sp³-hybridized carbons (Fsp3) is 0.320. The number of furan rings is 1. The molecule has 6 rings (SSSR count). The molecule has 178 valence electrons. The summed E-state index contributed by atoms with van der Waals surface area (Å²) in [6.07, 6.45) is 5.80. The van der Waals surface area contributed by atoms with Crippen molar-refractivity contribution in [3.05, 3.63) is 60.5 Å². The van der Waals surface area contributed by atoms with Gasteiger partial charge >= 0.3 is 0 Å². The Hall–Kier alpha value is -4.05. The molecular formula is C25H26N8O2. The zero-order chi connectivity index (χ0) is 24.0. The van der Waals surface area contributed by atoms with Crippen LogP contribution in [-0.4, -0.2) is 48.2 Å². The van der Waals surface area contributed by atoms with Crippen LogP contribution >= 0.6 is 0 Å². The van der Waals surface area contributed by atoms with E-state index in [4.69, 9.17) is 10.2 Å². The molecule has 2 atom stereocenters. The van der Waals surface area contributed by atoms with E-state index in [1.165, 1.54) is 4.52 Å². The quantitative estimate of drug-likeness (QED) is 0.387. The number of carbonyl (C=O) groups excluding carboxylic acids is 1. The van der Waals surface area contributed by atoms with Crippen LogP contribution < -0.4 is 11.1 Å². The molecule has 35 heavy (non-hydrogen) atoms. The zero-order valence-corrected chi connectivity index (χ0v) is 19.4. The zero-order valence-electron chi connectivity index (χ0n) is 19.4. The third-order valence-corrected chi connectivity index (χ3v) is 6.95. The number of nitrogens with one attached hydrogen (secondary N) is 1. The Morgan fingerprint density at radius 3 is 2.80 bits per heavy atom. The Kier molecular flexibility index (Phi) is 5.10. The molecule has 1 aromatic carbocycles. The molecule has 5 aromatic rings. The first kappa shape index (κ1) is 21.5. The molecule has 3 N–H and O–H groups in total. The second-order valence-electron chi connectivity index (χ2n) is 9.19. The van der Waals surface area contributed by atoms with Gasteiger partial charge in [-0.05, 0) is 56.5 Å². The second-order valence-corrected chi connectivity index (χ2v) is 9.19. The molecule has 5 heterocycles. The third-order valence-electron chi connectivity index (χ3n) is 6.95. The number of carbonyl (C=O) groups is 1. The summed E-state index contributed by atoms with van der Waals surface area (Å²) in [5.41, 5.74) is 7.07. The molecule has 10 heteroatoms. The number of ketones is 1. The Bertz CT molecular complexity index is 1500. The van der Waals surface area contributed by atoms with Gasteiger partial charge in [0.15, 0.2) is 22.8 Å². The van der Waals surface area contributed by atoms with Gasteiger partial charge in [-0.3, -0.25) is 4.79 Å². The number of benzene rings is 1. The highest BCUT2D eigenvalue weighted by molar-refractivity contribution is 5.95. The van der Waals surface area contributed by atoms with Crippen molar-refractivity contribution < 1.29 is 9.21 Å². The lowest BCUT2D eigenvalue weighted by atomic mass is 9.81. The summed E-state index contributed by atoms with van der Waals surface area (Å²) in [5, 5.41) is 13.2. The summed E-state index contributed by atoms with van der Waals surface area (Å²) >= 11 is 0. The predicted molar refractivity (Wildman–Crippen MR) is 131 cm³/mol. The molecule has 1 saturated heterocycles. The van der Waals surface area contributed by atoms with E-state index in [0.29, 0.717) is 34.7 Å². The number of piperidine rings is 1. The van der Waals surface area contributed by atoms with Gasteiger partial charge in [0, 0.05) is 6.42 Å². The minimum atomic E-state index is -1.07. The van der Waals surface area contributed by atoms with Crippen LogP contribution in [0.1, 0.15) is 31.7 Å². The van der Waals surface area contributed by atoms with Crippen LogP contribution in [0.25, 0.3) is 28.3 Å². The lowest BCUT2D eigenvalue weighted by Gasteiger charge is -2.32. The molecule has 1 aliphatic rings. The molecule has 1 aliphatic heterocycles. The molecule has 0 amide bonds. The van der Waals surface area contributed by atoms with E-state index in [1.54, 1.807) is 29.3 Å². The number of Topliss-reactive ketones (excluding diaryl/α,β-unsaturated/α-hetero) is 1. The van der Waals surface area contributed by atoms with Crippen molar-refractivity contribution in [1.82, 2.24) is 34.7 Å². The van der Waals surface area contributed by atoms with Crippen LogP contribution in [0.15, 0.2) is 59.3 Å². The highest BCUT2D eigenvalue weighted by Crippen LogP contribution is 2.34. The molecule has 0 radical (unpaired) electrons. The Balaban J connectivity index is 1.51. The van der Waals surface area contributed by atoms with E-state index in [9.17, 15) is 4.79 Å². The smallest absolute Gasteiger partial charge is 0.225 e. The van der Waals surface area contributed by atoms with Crippen LogP contribution in [0.2, 0.25) is 0 Å². The number of nitrogens with zero attached hydrogens (tertiary/aromatic N) is 6. The standard InChI is InChI=1S/C25H26N8O2/c1-25(17-8-3-2-4-9-17,20(34)13-16-7-5-11-27-14-16)33-23-18(15-28-33)22-29-21(19-10-6-12-35-19)31-32(22)24(26)30-23/h2-4,6,8-10,12,15-16,27H,5,7,11,13-14H2,1H3,(H2,26,30)/t16-,25?/m1/s1. The average molecular weight is 471 g/mol. The number of fused-ring (bicyclic) bond motifs is 3. The molecule has 1 fully saturated rings. The summed E-state index contributed by atoms with van der Waals surface area (Å²) in [6.45, 7) is 3.76. The Morgan fingerprint density at radius 1 is 1.20 bits per heavy atom. The van der Waals surface area contributed by atoms with Crippen LogP contribution in [0.5, 0.6) is 0 Å². The number of rotatable bonds is 6. The van der Waals surface area contributed by atoms with Gasteiger partial charge in [-0.1, -0.05) is 30.3 Å². The van der Waals surface area contributed by atoms with Crippen molar-refractivity contribution in [3.63, 3.8) is 0 Å². The number of nitrogens with two attached hydrogens (primary N) is 1. The molecule has 1 unspecified atom stereocenters. The van der Waals surface area contributed by atoms with E-state index < -0.39 is 5.54 Å². The monoisotopic (exact) mass is 470 g/mol. The van der Waals surface area contributed by atoms with Crippen LogP contribution in [0, 0.1) is 5.92 Å². The van der Waals surface area contributed by atoms with Crippen LogP contribution in [-0.2, 0) is 10.3 Å². The number of nitrogen functional groups attached to an aromatic ring is 1. The van der Waals surface area contributed by atoms with E-state index >= 15 is 0 Å². The van der Waals surface area contributed by atoms with E-state index in [2.05, 4.69) is 25.5 Å². The molecule has 10 nitrogen and oxygen atoms in total. The fourth-order valence-corrected chi connectivity index (χ4v) is 4.97. The maximum Gasteiger partial charge on any atom is 0.225 e. The van der Waals surface area contributed by atoms with Crippen molar-refractivity contribution >= 4 is 28.4 Å². The third kappa shape index (κ3) is 3.48. The summed E-state index contributed by atoms with van der Waals surface area (Å²) in [5.74, 6) is 1.45. The van der Waals surface area contributed by atoms with Gasteiger partial charge in [0.25, 0.3) is 0 Å². The highest BCUT2D eigenvalue weighted by atomic mass is 16.3. The van der Waals surface area contributed by atoms with Gasteiger partial charge < -0.3 is 15.5 Å². The Labute approximate surface area is 201 Å². The number of hydrogen-bond acceptors (Lipinski definition) is 8. The maximum absolute atomic E-state index is 14.0. The van der Waals surface area contributed by atoms with Crippen molar-refractivity contribution in [2.45, 2.75) is 31.7 Å². The lowest BCUT2D eigenvalue weighted by Crippen LogP contribution is -2.43. The predicted octanol–water partition coefficient (Wildman–Crippen LogP) is 3.04. The van der Waals surface area contributed by atoms with Gasteiger partial charge in [0.2, 0.25) is 11.8 Å². The molecule has 0 saturated carbocycles. The normalized spacial score (nSPS) is 18.1. The first-order valence-corrected chi connectivity index (χ1v) is 11.8. The van der Waals surface area contributed by atoms with Crippen molar-refractivity contribution in [2.24, 2.45) is 5.92 Å². The number of hydrogen-bond donors (Lipinski definition) is 2. The van der Waals surface area contributed by atoms with Gasteiger partial charge in [0.05, 0.1) is 17.8 Å². The maximum atomic E-state index is 14.0. The van der Waals surface area contributed by atoms with Gasteiger partial charge in [-0.25, -0.2) is 9.67 Å². The Morgan fingerprint density at radius 2 is 2.06 bits per heavy atom. The molecule has 4 aromatic heterocycles. The fourth-order valence-electron chi connectivity index (χ4n) is 4.97. The number of anilines is 1. The van der Waals surface area contributed by atoms with E-state index in [1.807, 2.05) is 37.3 Å². The minimum Gasteiger partial charge on any atom is -0.461 e. The first-order chi connectivity index (χ1) is 17.1. The van der Waals surface area contributed by atoms with E-state index in [-0.39, 0.29) is 17.6 Å². The molecular weight excluding hydrogens is 444 g/mol. The summed E-state index contributed by atoms with van der Waals surface area (Å²) in [7, 11) is 0. The molecule has 0 bridgehead atoms. The van der Waals surface area contributed by atoms with Crippen molar-refractivity contribution in [1.29, 1.82) is 0 Å². The number of aromatic nitrogens is 6. The summed E-state index contributed by atoms with van der Waals surface area (Å²) < 4.78 is 8.61. The SMILES string of the molecule is CC(C(=O)C[C@H]1CCCNC1)(c1ccccc1)n1ncc2c1nc(N)n1nc(-c3ccco3)nc21. The van der Waals surface area contributed by atoms with Gasteiger partial charge in [-0.15, -0.1) is 5.10 Å². The minimum absolute atomic E-state index is 0.0837. The summed E-state index contributed by atoms with van der Waals surface area (Å²) in [4.78, 5) is 23.3.